The molecule has 0 bridgehead atoms. The van der Waals surface area contributed by atoms with Crippen LogP contribution in [0.15, 0.2) is 99.2 Å². The molecule has 4 aromatic carbocycles. The molecule has 4 aromatic rings. The van der Waals surface area contributed by atoms with E-state index in [1.54, 1.807) is 0 Å². The topological polar surface area (TPSA) is 0 Å². The molecular weight excluding hydrogens is 360 g/mol. The fourth-order valence-electron chi connectivity index (χ4n) is 4.95. The summed E-state index contributed by atoms with van der Waals surface area (Å²) >= 11 is 0. The summed E-state index contributed by atoms with van der Waals surface area (Å²) in [5, 5.41) is 7.97. The van der Waals surface area contributed by atoms with Gasteiger partial charge in [-0.15, -0.1) is 26.3 Å². The van der Waals surface area contributed by atoms with Crippen LogP contribution in [0.3, 0.4) is 0 Å². The Morgan fingerprint density at radius 1 is 0.433 bits per heavy atom. The lowest BCUT2D eigenvalue weighted by atomic mass is 9.80. The van der Waals surface area contributed by atoms with Crippen molar-refractivity contribution in [3.8, 4) is 0 Å². The lowest BCUT2D eigenvalue weighted by Crippen LogP contribution is -2.03. The molecule has 30 heavy (non-hydrogen) atoms. The van der Waals surface area contributed by atoms with E-state index in [9.17, 15) is 0 Å². The van der Waals surface area contributed by atoms with Crippen LogP contribution in [0.4, 0.5) is 0 Å². The first-order chi connectivity index (χ1) is 14.8. The Hall–Kier alpha value is -3.38. The fraction of sp³-hybridized carbons (Fsp3) is 0.133. The first kappa shape index (κ1) is 19.9. The zero-order chi connectivity index (χ0) is 21.1. The lowest BCUT2D eigenvalue weighted by molar-refractivity contribution is 1.25. The van der Waals surface area contributed by atoms with Gasteiger partial charge in [-0.05, 0) is 80.3 Å². The van der Waals surface area contributed by atoms with Gasteiger partial charge in [0, 0.05) is 0 Å². The molecule has 0 saturated heterocycles. The van der Waals surface area contributed by atoms with E-state index in [0.29, 0.717) is 0 Å². The van der Waals surface area contributed by atoms with Crippen molar-refractivity contribution < 1.29 is 0 Å². The summed E-state index contributed by atoms with van der Waals surface area (Å²) in [4.78, 5) is 0. The Morgan fingerprint density at radius 3 is 0.867 bits per heavy atom. The number of allylic oxidation sites excluding steroid dienone is 4. The minimum absolute atomic E-state index is 0.835. The minimum atomic E-state index is 0.835. The monoisotopic (exact) mass is 388 g/mol. The maximum atomic E-state index is 4.07. The molecule has 0 saturated carbocycles. The summed E-state index contributed by atoms with van der Waals surface area (Å²) in [5.74, 6) is 0. The summed E-state index contributed by atoms with van der Waals surface area (Å²) in [7, 11) is 0. The first-order valence-electron chi connectivity index (χ1n) is 10.6. The zero-order valence-corrected chi connectivity index (χ0v) is 17.6. The third-order valence-electron chi connectivity index (χ3n) is 6.01. The van der Waals surface area contributed by atoms with Crippen LogP contribution in [-0.2, 0) is 25.7 Å². The van der Waals surface area contributed by atoms with Gasteiger partial charge < -0.3 is 0 Å². The molecule has 0 radical (unpaired) electrons. The number of rotatable bonds is 8. The van der Waals surface area contributed by atoms with Gasteiger partial charge in [-0.2, -0.15) is 0 Å². The third-order valence-corrected chi connectivity index (χ3v) is 6.01. The van der Waals surface area contributed by atoms with E-state index in [1.165, 1.54) is 54.6 Å². The third kappa shape index (κ3) is 3.09. The van der Waals surface area contributed by atoms with Crippen LogP contribution in [-0.4, -0.2) is 0 Å². The van der Waals surface area contributed by atoms with Crippen LogP contribution >= 0.6 is 0 Å². The highest BCUT2D eigenvalue weighted by molar-refractivity contribution is 6.15. The maximum Gasteiger partial charge on any atom is -0.00877 e. The second kappa shape index (κ2) is 8.55. The lowest BCUT2D eigenvalue weighted by Gasteiger charge is -2.23. The van der Waals surface area contributed by atoms with Crippen molar-refractivity contribution in [2.24, 2.45) is 0 Å². The Labute approximate surface area is 179 Å². The highest BCUT2D eigenvalue weighted by Crippen LogP contribution is 2.42. The van der Waals surface area contributed by atoms with Crippen LogP contribution < -0.4 is 0 Å². The van der Waals surface area contributed by atoms with Gasteiger partial charge in [-0.1, -0.05) is 72.8 Å². The van der Waals surface area contributed by atoms with Gasteiger partial charge in [0.25, 0.3) is 0 Å². The summed E-state index contributed by atoms with van der Waals surface area (Å²) in [6, 6.07) is 17.5. The number of hydrogen-bond acceptors (Lipinski definition) is 0. The van der Waals surface area contributed by atoms with Gasteiger partial charge in [-0.25, -0.2) is 0 Å². The van der Waals surface area contributed by atoms with Crippen LogP contribution in [0.5, 0.6) is 0 Å². The molecule has 0 aliphatic carbocycles. The van der Waals surface area contributed by atoms with Crippen molar-refractivity contribution in [2.75, 3.05) is 0 Å². The van der Waals surface area contributed by atoms with Crippen molar-refractivity contribution >= 4 is 32.3 Å². The van der Waals surface area contributed by atoms with Crippen molar-refractivity contribution in [1.29, 1.82) is 0 Å². The summed E-state index contributed by atoms with van der Waals surface area (Å²) in [6.07, 6.45) is 11.4. The van der Waals surface area contributed by atoms with Crippen LogP contribution in [0.25, 0.3) is 32.3 Å². The molecule has 0 spiro atoms. The Morgan fingerprint density at radius 2 is 0.667 bits per heavy atom. The van der Waals surface area contributed by atoms with Gasteiger partial charge in [0.05, 0.1) is 0 Å². The summed E-state index contributed by atoms with van der Waals surface area (Å²) in [6.45, 7) is 16.3. The molecule has 0 heteroatoms. The average Bonchev–Trinajstić information content (AvgIpc) is 2.78. The highest BCUT2D eigenvalue weighted by Gasteiger charge is 2.20. The van der Waals surface area contributed by atoms with E-state index in [-0.39, 0.29) is 0 Å². The average molecular weight is 389 g/mol. The van der Waals surface area contributed by atoms with Gasteiger partial charge >= 0.3 is 0 Å². The molecule has 148 valence electrons. The van der Waals surface area contributed by atoms with Crippen LogP contribution in [0, 0.1) is 0 Å². The number of benzene rings is 4. The second-order valence-corrected chi connectivity index (χ2v) is 7.73. The molecule has 0 aliphatic rings. The second-order valence-electron chi connectivity index (χ2n) is 7.73. The van der Waals surface area contributed by atoms with Crippen molar-refractivity contribution in [1.82, 2.24) is 0 Å². The quantitative estimate of drug-likeness (QED) is 0.211. The zero-order valence-electron chi connectivity index (χ0n) is 17.6. The first-order valence-corrected chi connectivity index (χ1v) is 10.6. The Balaban J connectivity index is 2.42. The fourth-order valence-corrected chi connectivity index (χ4v) is 4.95. The maximum absolute atomic E-state index is 4.07. The van der Waals surface area contributed by atoms with Crippen LogP contribution in [0.2, 0.25) is 0 Å². The molecule has 0 unspecified atom stereocenters. The molecule has 0 aliphatic heterocycles. The predicted molar refractivity (Wildman–Crippen MR) is 135 cm³/mol. The van der Waals surface area contributed by atoms with Crippen molar-refractivity contribution in [3.63, 3.8) is 0 Å². The standard InChI is InChI=1S/C30H28/c1-5-13-25-21-17-9-10-18-22(21)27(15-7-3)30-28(16-8-4)24-20-12-11-19-23(24)26(14-6-2)29(25)30/h5-12,17-20H,1-4,13-16H2. The molecule has 0 N–H and O–H groups in total. The molecular formula is C30H28. The number of fused-ring (bicyclic) bond motifs is 3. The molecule has 0 heterocycles. The summed E-state index contributed by atoms with van der Waals surface area (Å²) < 4.78 is 0. The van der Waals surface area contributed by atoms with E-state index in [1.807, 2.05) is 24.3 Å². The molecule has 0 amide bonds. The van der Waals surface area contributed by atoms with Crippen molar-refractivity contribution in [2.45, 2.75) is 25.7 Å². The van der Waals surface area contributed by atoms with Gasteiger partial charge in [0.2, 0.25) is 0 Å². The molecule has 4 rings (SSSR count). The van der Waals surface area contributed by atoms with Gasteiger partial charge in [0.1, 0.15) is 0 Å². The highest BCUT2D eigenvalue weighted by atomic mass is 14.2. The summed E-state index contributed by atoms with van der Waals surface area (Å²) in [5.41, 5.74) is 5.43. The predicted octanol–water partition coefficient (Wildman–Crippen LogP) is 8.06. The van der Waals surface area contributed by atoms with Gasteiger partial charge in [-0.3, -0.25) is 0 Å². The molecule has 0 fully saturated rings. The van der Waals surface area contributed by atoms with E-state index in [2.05, 4.69) is 74.8 Å². The smallest absolute Gasteiger partial charge is 0.00877 e. The Kier molecular flexibility index (Phi) is 5.68. The van der Waals surface area contributed by atoms with Crippen molar-refractivity contribution in [3.05, 3.63) is 121 Å². The van der Waals surface area contributed by atoms with E-state index in [0.717, 1.165) is 25.7 Å². The van der Waals surface area contributed by atoms with E-state index in [4.69, 9.17) is 0 Å². The number of hydrogen-bond donors (Lipinski definition) is 0. The largest absolute Gasteiger partial charge is 0.103 e. The SMILES string of the molecule is C=CCc1c2ccccc2c(CC=C)c2c(CC=C)c3ccccc3c(CC=C)c12. The van der Waals surface area contributed by atoms with Gasteiger partial charge in [0.15, 0.2) is 0 Å². The molecule has 0 atom stereocenters. The molecule has 0 aromatic heterocycles. The van der Waals surface area contributed by atoms with Crippen LogP contribution in [0.1, 0.15) is 22.3 Å². The normalized spacial score (nSPS) is 11.1. The van der Waals surface area contributed by atoms with E-state index < -0.39 is 0 Å². The van der Waals surface area contributed by atoms with E-state index >= 15 is 0 Å². The minimum Gasteiger partial charge on any atom is -0.103 e. The molecule has 0 nitrogen and oxygen atoms in total. The Bertz CT molecular complexity index is 1100.